The second kappa shape index (κ2) is 3.02. The molecule has 0 rings (SSSR count). The van der Waals surface area contributed by atoms with Crippen LogP contribution in [0.25, 0.3) is 0 Å². The summed E-state index contributed by atoms with van der Waals surface area (Å²) in [6.45, 7) is 2.08. The molecule has 3 N–H and O–H groups in total. The van der Waals surface area contributed by atoms with Gasteiger partial charge in [0.1, 0.15) is 0 Å². The third kappa shape index (κ3) is 2.96. The topological polar surface area (TPSA) is 55.5 Å². The molecule has 3 nitrogen and oxygen atoms in total. The van der Waals surface area contributed by atoms with Gasteiger partial charge in [-0.1, -0.05) is 0 Å². The average Bonchev–Trinajstić information content (AvgIpc) is 1.67. The molecule has 0 saturated heterocycles. The Balaban J connectivity index is 3.37. The van der Waals surface area contributed by atoms with E-state index in [1.807, 2.05) is 0 Å². The van der Waals surface area contributed by atoms with Gasteiger partial charge in [0.2, 0.25) is 0 Å². The Bertz CT molecular complexity index is 63.4. The van der Waals surface area contributed by atoms with Crippen LogP contribution in [0, 0.1) is 0 Å². The average molecular weight is 119 g/mol. The highest BCUT2D eigenvalue weighted by molar-refractivity contribution is 4.75. The highest BCUT2D eigenvalue weighted by atomic mass is 16.5. The summed E-state index contributed by atoms with van der Waals surface area (Å²) in [4.78, 5) is 0. The second-order valence-corrected chi connectivity index (χ2v) is 2.25. The predicted molar refractivity (Wildman–Crippen MR) is 31.6 cm³/mol. The molecule has 0 spiro atoms. The number of aliphatic hydroxyl groups is 1. The molecule has 3 heteroatoms. The maximum absolute atomic E-state index is 8.52. The van der Waals surface area contributed by atoms with Gasteiger partial charge in [0.05, 0.1) is 18.8 Å². The summed E-state index contributed by atoms with van der Waals surface area (Å²) in [6, 6.07) is 0. The fraction of sp³-hybridized carbons (Fsp3) is 1.00. The van der Waals surface area contributed by atoms with Gasteiger partial charge in [-0.2, -0.15) is 0 Å². The van der Waals surface area contributed by atoms with Crippen molar-refractivity contribution in [2.45, 2.75) is 12.5 Å². The van der Waals surface area contributed by atoms with Crippen LogP contribution in [0.1, 0.15) is 6.92 Å². The zero-order chi connectivity index (χ0) is 6.62. The molecule has 0 amide bonds. The van der Waals surface area contributed by atoms with Gasteiger partial charge < -0.3 is 15.6 Å². The third-order valence-electron chi connectivity index (χ3n) is 0.835. The summed E-state index contributed by atoms with van der Waals surface area (Å²) < 4.78 is 4.71. The molecule has 0 aromatic rings. The molecular weight excluding hydrogens is 106 g/mol. The van der Waals surface area contributed by atoms with Gasteiger partial charge in [-0.25, -0.2) is 0 Å². The summed E-state index contributed by atoms with van der Waals surface area (Å²) in [7, 11) is 1.56. The van der Waals surface area contributed by atoms with Crippen molar-refractivity contribution in [3.8, 4) is 0 Å². The first kappa shape index (κ1) is 7.88. The maximum atomic E-state index is 8.52. The highest BCUT2D eigenvalue weighted by Crippen LogP contribution is 1.95. The minimum atomic E-state index is -0.575. The van der Waals surface area contributed by atoms with Crippen molar-refractivity contribution in [3.05, 3.63) is 0 Å². The van der Waals surface area contributed by atoms with E-state index in [1.54, 1.807) is 14.0 Å². The van der Waals surface area contributed by atoms with Crippen molar-refractivity contribution in [3.63, 3.8) is 0 Å². The van der Waals surface area contributed by atoms with E-state index in [1.165, 1.54) is 0 Å². The maximum Gasteiger partial charge on any atom is 0.0662 e. The van der Waals surface area contributed by atoms with Crippen molar-refractivity contribution in [1.29, 1.82) is 0 Å². The molecule has 0 aliphatic rings. The Morgan fingerprint density at radius 3 is 2.38 bits per heavy atom. The fourth-order valence-corrected chi connectivity index (χ4v) is 0.375. The zero-order valence-electron chi connectivity index (χ0n) is 5.35. The first-order valence-electron chi connectivity index (χ1n) is 2.51. The van der Waals surface area contributed by atoms with Crippen molar-refractivity contribution in [2.24, 2.45) is 5.73 Å². The minimum absolute atomic E-state index is 0.0408. The molecule has 0 heterocycles. The van der Waals surface area contributed by atoms with Crippen molar-refractivity contribution >= 4 is 0 Å². The Labute approximate surface area is 49.4 Å². The molecule has 1 atom stereocenters. The van der Waals surface area contributed by atoms with E-state index in [0.717, 1.165) is 0 Å². The Hall–Kier alpha value is -0.120. The Morgan fingerprint density at radius 1 is 1.75 bits per heavy atom. The van der Waals surface area contributed by atoms with Crippen LogP contribution >= 0.6 is 0 Å². The first-order chi connectivity index (χ1) is 3.62. The molecule has 50 valence electrons. The number of ether oxygens (including phenoxy) is 1. The fourth-order valence-electron chi connectivity index (χ4n) is 0.375. The number of hydrogen-bond donors (Lipinski definition) is 2. The Kier molecular flexibility index (Phi) is 2.97. The van der Waals surface area contributed by atoms with E-state index in [0.29, 0.717) is 6.61 Å². The van der Waals surface area contributed by atoms with E-state index >= 15 is 0 Å². The molecule has 1 unspecified atom stereocenters. The lowest BCUT2D eigenvalue weighted by Crippen LogP contribution is -2.44. The van der Waals surface area contributed by atoms with Crippen LogP contribution in [0.15, 0.2) is 0 Å². The monoisotopic (exact) mass is 119 g/mol. The van der Waals surface area contributed by atoms with Crippen LogP contribution < -0.4 is 5.73 Å². The Morgan fingerprint density at radius 2 is 2.25 bits per heavy atom. The van der Waals surface area contributed by atoms with Gasteiger partial charge in [-0.3, -0.25) is 0 Å². The first-order valence-corrected chi connectivity index (χ1v) is 2.51. The van der Waals surface area contributed by atoms with Gasteiger partial charge in [0.25, 0.3) is 0 Å². The molecule has 0 aromatic carbocycles. The number of methoxy groups -OCH3 is 1. The second-order valence-electron chi connectivity index (χ2n) is 2.25. The van der Waals surface area contributed by atoms with Crippen LogP contribution in [-0.4, -0.2) is 31.0 Å². The largest absolute Gasteiger partial charge is 0.394 e. The summed E-state index contributed by atoms with van der Waals surface area (Å²) in [5, 5.41) is 8.52. The predicted octanol–water partition coefficient (Wildman–Crippen LogP) is -0.657. The van der Waals surface area contributed by atoms with Crippen molar-refractivity contribution < 1.29 is 9.84 Å². The van der Waals surface area contributed by atoms with Crippen LogP contribution in [-0.2, 0) is 4.74 Å². The van der Waals surface area contributed by atoms with Gasteiger partial charge in [-0.05, 0) is 6.92 Å². The lowest BCUT2D eigenvalue weighted by atomic mass is 10.1. The van der Waals surface area contributed by atoms with E-state index in [9.17, 15) is 0 Å². The lowest BCUT2D eigenvalue weighted by molar-refractivity contribution is 0.0971. The van der Waals surface area contributed by atoms with Crippen LogP contribution in [0.3, 0.4) is 0 Å². The molecule has 0 aliphatic heterocycles. The molecule has 0 aliphatic carbocycles. The van der Waals surface area contributed by atoms with E-state index in [-0.39, 0.29) is 6.61 Å². The summed E-state index contributed by atoms with van der Waals surface area (Å²) in [6.07, 6.45) is 0. The van der Waals surface area contributed by atoms with Crippen molar-refractivity contribution in [2.75, 3.05) is 20.3 Å². The highest BCUT2D eigenvalue weighted by Gasteiger charge is 2.15. The normalized spacial score (nSPS) is 18.0. The molecule has 0 saturated carbocycles. The molecule has 8 heavy (non-hydrogen) atoms. The SMILES string of the molecule is COCC(C)(N)CO. The number of nitrogens with two attached hydrogens (primary N) is 1. The smallest absolute Gasteiger partial charge is 0.0662 e. The standard InChI is InChI=1S/C5H13NO2/c1-5(6,3-7)4-8-2/h7H,3-4,6H2,1-2H3. The van der Waals surface area contributed by atoms with Gasteiger partial charge in [0, 0.05) is 7.11 Å². The number of aliphatic hydroxyl groups excluding tert-OH is 1. The van der Waals surface area contributed by atoms with E-state index in [2.05, 4.69) is 0 Å². The van der Waals surface area contributed by atoms with Crippen molar-refractivity contribution in [1.82, 2.24) is 0 Å². The molecule has 0 bridgehead atoms. The molecular formula is C5H13NO2. The summed E-state index contributed by atoms with van der Waals surface area (Å²) in [5.41, 5.74) is 4.88. The molecule has 0 fully saturated rings. The van der Waals surface area contributed by atoms with Crippen LogP contribution in [0.2, 0.25) is 0 Å². The summed E-state index contributed by atoms with van der Waals surface area (Å²) >= 11 is 0. The minimum Gasteiger partial charge on any atom is -0.394 e. The van der Waals surface area contributed by atoms with Gasteiger partial charge in [-0.15, -0.1) is 0 Å². The number of rotatable bonds is 3. The van der Waals surface area contributed by atoms with E-state index in [4.69, 9.17) is 15.6 Å². The molecule has 0 radical (unpaired) electrons. The van der Waals surface area contributed by atoms with Gasteiger partial charge >= 0.3 is 0 Å². The molecule has 0 aromatic heterocycles. The van der Waals surface area contributed by atoms with E-state index < -0.39 is 5.54 Å². The van der Waals surface area contributed by atoms with Crippen LogP contribution in [0.5, 0.6) is 0 Å². The zero-order valence-corrected chi connectivity index (χ0v) is 5.35. The lowest BCUT2D eigenvalue weighted by Gasteiger charge is -2.19. The quantitative estimate of drug-likeness (QED) is 0.518. The summed E-state index contributed by atoms with van der Waals surface area (Å²) in [5.74, 6) is 0. The number of hydrogen-bond acceptors (Lipinski definition) is 3. The third-order valence-corrected chi connectivity index (χ3v) is 0.835. The van der Waals surface area contributed by atoms with Crippen LogP contribution in [0.4, 0.5) is 0 Å². The van der Waals surface area contributed by atoms with Gasteiger partial charge in [0.15, 0.2) is 0 Å².